The Morgan fingerprint density at radius 3 is 2.67 bits per heavy atom. The first-order valence-electron chi connectivity index (χ1n) is 9.28. The molecule has 1 aromatic heterocycles. The number of nitrogens with one attached hydrogen (secondary N) is 1. The van der Waals surface area contributed by atoms with Gasteiger partial charge in [0.1, 0.15) is 12.1 Å². The number of hydrogen-bond acceptors (Lipinski definition) is 7. The van der Waals surface area contributed by atoms with E-state index in [9.17, 15) is 4.79 Å². The molecule has 0 saturated heterocycles. The molecule has 7 nitrogen and oxygen atoms in total. The second-order valence-corrected chi connectivity index (χ2v) is 7.83. The highest BCUT2D eigenvalue weighted by Gasteiger charge is 2.36. The number of carbonyl (C=O) groups is 1. The molecule has 2 aliphatic rings. The maximum Gasteiger partial charge on any atom is 0.338 e. The lowest BCUT2D eigenvalue weighted by molar-refractivity contribution is -0.146. The van der Waals surface area contributed by atoms with Crippen LogP contribution in [-0.2, 0) is 9.53 Å². The average Bonchev–Trinajstić information content (AvgIpc) is 3.15. The van der Waals surface area contributed by atoms with E-state index in [0.29, 0.717) is 11.5 Å². The molecule has 1 aliphatic heterocycles. The molecule has 1 saturated carbocycles. The Morgan fingerprint density at radius 1 is 1.22 bits per heavy atom. The Bertz CT molecular complexity index is 855. The van der Waals surface area contributed by atoms with Gasteiger partial charge in [-0.2, -0.15) is 4.68 Å². The monoisotopic (exact) mass is 385 g/mol. The number of allylic oxidation sites excluding steroid dienone is 1. The van der Waals surface area contributed by atoms with E-state index in [4.69, 9.17) is 4.74 Å². The molecule has 1 N–H and O–H groups in total. The third kappa shape index (κ3) is 3.58. The van der Waals surface area contributed by atoms with Crippen LogP contribution in [0.5, 0.6) is 0 Å². The van der Waals surface area contributed by atoms with E-state index < -0.39 is 6.04 Å². The number of fused-ring (bicyclic) bond motifs is 1. The van der Waals surface area contributed by atoms with E-state index >= 15 is 0 Å². The maximum atomic E-state index is 13.1. The maximum absolute atomic E-state index is 13.1. The molecule has 1 atom stereocenters. The Labute approximate surface area is 162 Å². The van der Waals surface area contributed by atoms with Gasteiger partial charge in [0.2, 0.25) is 5.95 Å². The molecule has 0 spiro atoms. The van der Waals surface area contributed by atoms with Crippen LogP contribution in [0.25, 0.3) is 0 Å². The smallest absolute Gasteiger partial charge is 0.338 e. The molecule has 27 heavy (non-hydrogen) atoms. The van der Waals surface area contributed by atoms with Crippen LogP contribution < -0.4 is 5.32 Å². The summed E-state index contributed by atoms with van der Waals surface area (Å²) in [5.41, 5.74) is 2.26. The fourth-order valence-corrected chi connectivity index (χ4v) is 4.18. The molecule has 2 heterocycles. The number of hydrogen-bond donors (Lipinski definition) is 1. The molecular formula is C19H23N5O2S. The van der Waals surface area contributed by atoms with Gasteiger partial charge in [0.15, 0.2) is 0 Å². The summed E-state index contributed by atoms with van der Waals surface area (Å²) in [5.74, 6) is 0.243. The highest BCUT2D eigenvalue weighted by atomic mass is 32.2. The summed E-state index contributed by atoms with van der Waals surface area (Å²) in [7, 11) is 0. The zero-order chi connectivity index (χ0) is 18.8. The lowest BCUT2D eigenvalue weighted by atomic mass is 9.95. The topological polar surface area (TPSA) is 81.9 Å². The minimum Gasteiger partial charge on any atom is -0.459 e. The van der Waals surface area contributed by atoms with Crippen molar-refractivity contribution >= 4 is 23.7 Å². The van der Waals surface area contributed by atoms with Crippen molar-refractivity contribution in [2.75, 3.05) is 11.6 Å². The Morgan fingerprint density at radius 2 is 1.96 bits per heavy atom. The van der Waals surface area contributed by atoms with Crippen molar-refractivity contribution in [3.8, 4) is 0 Å². The van der Waals surface area contributed by atoms with Gasteiger partial charge >= 0.3 is 5.97 Å². The van der Waals surface area contributed by atoms with Crippen molar-refractivity contribution in [2.24, 2.45) is 0 Å². The normalized spacial score (nSPS) is 20.1. The third-order valence-electron chi connectivity index (χ3n) is 5.19. The summed E-state index contributed by atoms with van der Waals surface area (Å²) in [6, 6.07) is 7.74. The predicted octanol–water partition coefficient (Wildman–Crippen LogP) is 3.56. The predicted molar refractivity (Wildman–Crippen MR) is 103 cm³/mol. The molecular weight excluding hydrogens is 362 g/mol. The summed E-state index contributed by atoms with van der Waals surface area (Å²) in [5, 5.41) is 15.1. The van der Waals surface area contributed by atoms with Crippen LogP contribution in [0.3, 0.4) is 0 Å². The second-order valence-electron chi connectivity index (χ2n) is 6.95. The van der Waals surface area contributed by atoms with Gasteiger partial charge in [0.05, 0.1) is 5.57 Å². The van der Waals surface area contributed by atoms with Crippen LogP contribution >= 0.6 is 11.8 Å². The van der Waals surface area contributed by atoms with Crippen LogP contribution in [0.15, 0.2) is 40.4 Å². The number of nitrogens with zero attached hydrogens (tertiary/aromatic N) is 4. The molecule has 1 fully saturated rings. The standard InChI is InChI=1S/C19H23N5O2S/c1-12-16(18(25)26-14-6-4-3-5-7-14)17(24-19(20-12)21-22-23-24)13-8-10-15(27-2)11-9-13/h8-11,14,17H,3-7H2,1-2H3,(H,20,21,23)/t17-/m1/s1. The van der Waals surface area contributed by atoms with Crippen molar-refractivity contribution < 1.29 is 9.53 Å². The molecule has 8 heteroatoms. The van der Waals surface area contributed by atoms with Gasteiger partial charge in [-0.05, 0) is 67.0 Å². The second kappa shape index (κ2) is 7.72. The zero-order valence-corrected chi connectivity index (χ0v) is 16.3. The number of rotatable bonds is 4. The van der Waals surface area contributed by atoms with E-state index in [-0.39, 0.29) is 12.1 Å². The fourth-order valence-electron chi connectivity index (χ4n) is 3.77. The lowest BCUT2D eigenvalue weighted by Gasteiger charge is -2.29. The molecule has 4 rings (SSSR count). The SMILES string of the molecule is CSc1ccc([C@@H]2C(C(=O)OC3CCCCC3)=C(C)Nc3nnnn32)cc1. The van der Waals surface area contributed by atoms with Crippen molar-refractivity contribution in [1.29, 1.82) is 0 Å². The van der Waals surface area contributed by atoms with Crippen LogP contribution in [0.4, 0.5) is 5.95 Å². The summed E-state index contributed by atoms with van der Waals surface area (Å²) >= 11 is 1.68. The van der Waals surface area contributed by atoms with Gasteiger partial charge in [-0.1, -0.05) is 23.7 Å². The molecule has 142 valence electrons. The number of tetrazole rings is 1. The number of carbonyl (C=O) groups excluding carboxylic acids is 1. The van der Waals surface area contributed by atoms with Crippen molar-refractivity contribution in [1.82, 2.24) is 20.2 Å². The molecule has 2 aromatic rings. The number of esters is 1. The molecule has 0 bridgehead atoms. The molecule has 0 unspecified atom stereocenters. The van der Waals surface area contributed by atoms with Crippen LogP contribution in [-0.4, -0.2) is 38.5 Å². The zero-order valence-electron chi connectivity index (χ0n) is 15.5. The van der Waals surface area contributed by atoms with Crippen LogP contribution in [0, 0.1) is 0 Å². The van der Waals surface area contributed by atoms with Crippen LogP contribution in [0.2, 0.25) is 0 Å². The molecule has 1 aliphatic carbocycles. The van der Waals surface area contributed by atoms with Gasteiger partial charge in [-0.25, -0.2) is 4.79 Å². The van der Waals surface area contributed by atoms with Gasteiger partial charge in [-0.15, -0.1) is 11.8 Å². The Hall–Kier alpha value is -2.35. The van der Waals surface area contributed by atoms with Gasteiger partial charge in [-0.3, -0.25) is 0 Å². The third-order valence-corrected chi connectivity index (χ3v) is 5.94. The van der Waals surface area contributed by atoms with E-state index in [1.165, 1.54) is 6.42 Å². The van der Waals surface area contributed by atoms with Gasteiger partial charge in [0.25, 0.3) is 0 Å². The molecule has 0 amide bonds. The first kappa shape index (κ1) is 18.0. The minimum absolute atomic E-state index is 0.00124. The first-order valence-corrected chi connectivity index (χ1v) is 10.5. The highest BCUT2D eigenvalue weighted by Crippen LogP contribution is 2.36. The van der Waals surface area contributed by atoms with Crippen molar-refractivity contribution in [2.45, 2.75) is 56.1 Å². The fraction of sp³-hybridized carbons (Fsp3) is 0.474. The quantitative estimate of drug-likeness (QED) is 0.636. The number of aromatic nitrogens is 4. The van der Waals surface area contributed by atoms with E-state index in [2.05, 4.69) is 20.8 Å². The Balaban J connectivity index is 1.68. The summed E-state index contributed by atoms with van der Waals surface area (Å²) in [4.78, 5) is 14.3. The number of thioether (sulfide) groups is 1. The first-order chi connectivity index (χ1) is 13.2. The number of ether oxygens (including phenoxy) is 1. The van der Waals surface area contributed by atoms with Gasteiger partial charge < -0.3 is 10.1 Å². The average molecular weight is 385 g/mol. The van der Waals surface area contributed by atoms with E-state index in [1.54, 1.807) is 16.4 Å². The molecule has 1 aromatic carbocycles. The van der Waals surface area contributed by atoms with E-state index in [1.807, 2.05) is 37.4 Å². The van der Waals surface area contributed by atoms with Crippen LogP contribution in [0.1, 0.15) is 50.6 Å². The van der Waals surface area contributed by atoms with Crippen molar-refractivity contribution in [3.63, 3.8) is 0 Å². The summed E-state index contributed by atoms with van der Waals surface area (Å²) < 4.78 is 7.52. The Kier molecular flexibility index (Phi) is 5.15. The van der Waals surface area contributed by atoms with E-state index in [0.717, 1.165) is 41.8 Å². The van der Waals surface area contributed by atoms with Crippen molar-refractivity contribution in [3.05, 3.63) is 41.1 Å². The molecule has 0 radical (unpaired) electrons. The largest absolute Gasteiger partial charge is 0.459 e. The number of benzene rings is 1. The lowest BCUT2D eigenvalue weighted by Crippen LogP contribution is -2.32. The highest BCUT2D eigenvalue weighted by molar-refractivity contribution is 7.98. The number of anilines is 1. The summed E-state index contributed by atoms with van der Waals surface area (Å²) in [6.07, 6.45) is 7.37. The minimum atomic E-state index is -0.400. The van der Waals surface area contributed by atoms with Gasteiger partial charge in [0, 0.05) is 10.6 Å². The summed E-state index contributed by atoms with van der Waals surface area (Å²) in [6.45, 7) is 1.87.